The molecule has 0 radical (unpaired) electrons. The zero-order valence-electron chi connectivity index (χ0n) is 17.4. The zero-order valence-corrected chi connectivity index (χ0v) is 19.8. The Morgan fingerprint density at radius 3 is 2.76 bits per heavy atom. The van der Waals surface area contributed by atoms with Gasteiger partial charge in [0.1, 0.15) is 29.1 Å². The number of rotatable bonds is 6. The predicted molar refractivity (Wildman–Crippen MR) is 127 cm³/mol. The highest BCUT2D eigenvalue weighted by Gasteiger charge is 2.16. The second-order valence-electron chi connectivity index (χ2n) is 7.19. The minimum atomic E-state index is -0.351. The number of para-hydroxylation sites is 1. The summed E-state index contributed by atoms with van der Waals surface area (Å²) in [5, 5.41) is 5.09. The number of aryl methyl sites for hydroxylation is 1. The fourth-order valence-electron chi connectivity index (χ4n) is 3.32. The van der Waals surface area contributed by atoms with Crippen molar-refractivity contribution in [2.45, 2.75) is 20.0 Å². The van der Waals surface area contributed by atoms with E-state index in [1.165, 1.54) is 10.7 Å². The molecule has 0 aliphatic heterocycles. The molecular weight excluding hydrogens is 509 g/mol. The highest BCUT2D eigenvalue weighted by Crippen LogP contribution is 2.24. The first kappa shape index (κ1) is 21.4. The Kier molecular flexibility index (Phi) is 5.73. The highest BCUT2D eigenvalue weighted by molar-refractivity contribution is 9.10. The van der Waals surface area contributed by atoms with Gasteiger partial charge in [-0.3, -0.25) is 0 Å². The van der Waals surface area contributed by atoms with E-state index in [0.29, 0.717) is 33.4 Å². The quantitative estimate of drug-likeness (QED) is 0.344. The minimum absolute atomic E-state index is 0.0655. The van der Waals surface area contributed by atoms with Gasteiger partial charge < -0.3 is 10.5 Å². The van der Waals surface area contributed by atoms with E-state index in [0.717, 1.165) is 15.2 Å². The Morgan fingerprint density at radius 1 is 1.09 bits per heavy atom. The Hall–Kier alpha value is -3.44. The number of hydrogen-bond acceptors (Lipinski definition) is 8. The molecule has 0 saturated carbocycles. The van der Waals surface area contributed by atoms with Crippen molar-refractivity contribution in [3.63, 3.8) is 0 Å². The Balaban J connectivity index is 1.41. The van der Waals surface area contributed by atoms with Crippen LogP contribution in [0.25, 0.3) is 16.0 Å². The largest absolute Gasteiger partial charge is 0.470 e. The molecule has 0 spiro atoms. The lowest BCUT2D eigenvalue weighted by Crippen LogP contribution is -2.09. The van der Waals surface area contributed by atoms with E-state index >= 15 is 0 Å². The van der Waals surface area contributed by atoms with Gasteiger partial charge in [0.25, 0.3) is 0 Å². The lowest BCUT2D eigenvalue weighted by Gasteiger charge is -2.09. The van der Waals surface area contributed by atoms with Crippen LogP contribution in [0.2, 0.25) is 0 Å². The van der Waals surface area contributed by atoms with Crippen LogP contribution in [-0.4, -0.2) is 29.7 Å². The molecule has 2 N–H and O–H groups in total. The number of ether oxygens (including phenoxy) is 1. The van der Waals surface area contributed by atoms with Crippen molar-refractivity contribution in [3.05, 3.63) is 81.0 Å². The molecule has 0 aliphatic carbocycles. The molecule has 0 amide bonds. The van der Waals surface area contributed by atoms with Crippen LogP contribution in [-0.2, 0) is 13.0 Å². The summed E-state index contributed by atoms with van der Waals surface area (Å²) in [4.78, 5) is 17.6. The smallest absolute Gasteiger partial charge is 0.240 e. The molecule has 11 heteroatoms. The number of nitrogens with zero attached hydrogens (tertiary/aromatic N) is 6. The molecule has 5 rings (SSSR count). The number of aromatic nitrogens is 6. The van der Waals surface area contributed by atoms with Gasteiger partial charge in [-0.15, -0.1) is 16.4 Å². The molecule has 3 aromatic heterocycles. The molecule has 166 valence electrons. The van der Waals surface area contributed by atoms with Crippen molar-refractivity contribution < 1.29 is 9.13 Å². The van der Waals surface area contributed by atoms with Gasteiger partial charge in [0.05, 0.1) is 10.2 Å². The Bertz CT molecular complexity index is 1440. The van der Waals surface area contributed by atoms with E-state index in [-0.39, 0.29) is 24.8 Å². The number of halogens is 2. The summed E-state index contributed by atoms with van der Waals surface area (Å²) in [7, 11) is 0. The normalized spacial score (nSPS) is 11.2. The summed E-state index contributed by atoms with van der Waals surface area (Å²) in [6.45, 7) is 2.02. The van der Waals surface area contributed by atoms with Crippen LogP contribution in [0.1, 0.15) is 22.2 Å². The molecule has 0 aliphatic rings. The van der Waals surface area contributed by atoms with Crippen LogP contribution < -0.4 is 10.5 Å². The molecule has 0 unspecified atom stereocenters. The van der Waals surface area contributed by atoms with E-state index in [1.54, 1.807) is 36.5 Å². The van der Waals surface area contributed by atoms with Crippen molar-refractivity contribution in [1.82, 2.24) is 29.7 Å². The number of fused-ring (bicyclic) bond motifs is 1. The molecule has 0 atom stereocenters. The first-order valence-electron chi connectivity index (χ1n) is 9.93. The molecular formula is C22H17BrFN7OS. The van der Waals surface area contributed by atoms with Crippen molar-refractivity contribution in [1.29, 1.82) is 0 Å². The van der Waals surface area contributed by atoms with Crippen LogP contribution in [0, 0.1) is 12.7 Å². The standard InChI is InChI=1S/C22H17BrFN7OS/c1-12-26-19(10-20(27-12)32-11-21-28-16-4-2-3-5-17(16)33-21)31-18(29-22(25)30-31)8-13-6-7-14(23)9-15(13)24/h2-7,9-10H,8,11H2,1H3,(H2,25,30). The van der Waals surface area contributed by atoms with E-state index in [9.17, 15) is 4.39 Å². The summed E-state index contributed by atoms with van der Waals surface area (Å²) in [5.41, 5.74) is 7.25. The summed E-state index contributed by atoms with van der Waals surface area (Å²) in [5.74, 6) is 1.45. The van der Waals surface area contributed by atoms with Gasteiger partial charge in [0.15, 0.2) is 5.82 Å². The fourth-order valence-corrected chi connectivity index (χ4v) is 4.53. The van der Waals surface area contributed by atoms with E-state index in [2.05, 4.69) is 41.0 Å². The number of benzene rings is 2. The third-order valence-corrected chi connectivity index (χ3v) is 6.26. The molecule has 3 heterocycles. The topological polar surface area (TPSA) is 105 Å². The van der Waals surface area contributed by atoms with E-state index < -0.39 is 0 Å². The Labute approximate surface area is 200 Å². The molecule has 2 aromatic carbocycles. The van der Waals surface area contributed by atoms with Gasteiger partial charge in [-0.2, -0.15) is 14.6 Å². The predicted octanol–water partition coefficient (Wildman–Crippen LogP) is 4.63. The SMILES string of the molecule is Cc1nc(OCc2nc3ccccc3s2)cc(-n2nc(N)nc2Cc2ccc(Br)cc2F)n1. The molecule has 5 aromatic rings. The van der Waals surface area contributed by atoms with Crippen molar-refractivity contribution in [2.75, 3.05) is 5.73 Å². The van der Waals surface area contributed by atoms with Gasteiger partial charge in [0.2, 0.25) is 11.8 Å². The fraction of sp³-hybridized carbons (Fsp3) is 0.136. The average molecular weight is 526 g/mol. The number of thiazole rings is 1. The van der Waals surface area contributed by atoms with Crippen molar-refractivity contribution in [2.24, 2.45) is 0 Å². The maximum Gasteiger partial charge on any atom is 0.240 e. The van der Waals surface area contributed by atoms with Gasteiger partial charge in [0, 0.05) is 17.0 Å². The van der Waals surface area contributed by atoms with Crippen molar-refractivity contribution in [3.8, 4) is 11.7 Å². The molecule has 0 fully saturated rings. The van der Waals surface area contributed by atoms with Crippen molar-refractivity contribution >= 4 is 43.4 Å². The van der Waals surface area contributed by atoms with Crippen LogP contribution in [0.15, 0.2) is 53.0 Å². The maximum atomic E-state index is 14.4. The van der Waals surface area contributed by atoms with Crippen LogP contribution >= 0.6 is 27.3 Å². The lowest BCUT2D eigenvalue weighted by molar-refractivity contribution is 0.292. The highest BCUT2D eigenvalue weighted by atomic mass is 79.9. The molecule has 33 heavy (non-hydrogen) atoms. The summed E-state index contributed by atoms with van der Waals surface area (Å²) >= 11 is 4.83. The van der Waals surface area contributed by atoms with Gasteiger partial charge in [-0.1, -0.05) is 34.1 Å². The first-order chi connectivity index (χ1) is 15.9. The maximum absolute atomic E-state index is 14.4. The second-order valence-corrected chi connectivity index (χ2v) is 9.22. The zero-order chi connectivity index (χ0) is 22.9. The van der Waals surface area contributed by atoms with Gasteiger partial charge >= 0.3 is 0 Å². The number of anilines is 1. The number of nitrogen functional groups attached to an aromatic ring is 1. The third kappa shape index (κ3) is 4.69. The van der Waals surface area contributed by atoms with Gasteiger partial charge in [-0.05, 0) is 36.8 Å². The molecule has 0 bridgehead atoms. The lowest BCUT2D eigenvalue weighted by atomic mass is 10.1. The monoisotopic (exact) mass is 525 g/mol. The number of hydrogen-bond donors (Lipinski definition) is 1. The van der Waals surface area contributed by atoms with Gasteiger partial charge in [-0.25, -0.2) is 14.4 Å². The average Bonchev–Trinajstić information content (AvgIpc) is 3.36. The van der Waals surface area contributed by atoms with Crippen LogP contribution in [0.5, 0.6) is 5.88 Å². The second kappa shape index (κ2) is 8.83. The van der Waals surface area contributed by atoms with E-state index in [1.807, 2.05) is 24.3 Å². The molecule has 0 saturated heterocycles. The van der Waals surface area contributed by atoms with Crippen LogP contribution in [0.4, 0.5) is 10.3 Å². The number of nitrogens with two attached hydrogens (primary N) is 1. The summed E-state index contributed by atoms with van der Waals surface area (Å²) < 4.78 is 23.5. The molecule has 8 nitrogen and oxygen atoms in total. The van der Waals surface area contributed by atoms with Crippen LogP contribution in [0.3, 0.4) is 0 Å². The summed E-state index contributed by atoms with van der Waals surface area (Å²) in [6, 6.07) is 14.4. The third-order valence-electron chi connectivity index (χ3n) is 4.75. The van der Waals surface area contributed by atoms with E-state index in [4.69, 9.17) is 10.5 Å². The summed E-state index contributed by atoms with van der Waals surface area (Å²) in [6.07, 6.45) is 0.189. The minimum Gasteiger partial charge on any atom is -0.470 e. The Morgan fingerprint density at radius 2 is 1.94 bits per heavy atom. The first-order valence-corrected chi connectivity index (χ1v) is 11.5.